The summed E-state index contributed by atoms with van der Waals surface area (Å²) in [4.78, 5) is 11.8. The smallest absolute Gasteiger partial charge is 0.319 e. The van der Waals surface area contributed by atoms with Crippen molar-refractivity contribution in [3.8, 4) is 0 Å². The van der Waals surface area contributed by atoms with E-state index in [1.165, 1.54) is 0 Å². The van der Waals surface area contributed by atoms with E-state index in [1.54, 1.807) is 0 Å². The molecule has 2 aromatic rings. The number of fused-ring (bicyclic) bond motifs is 1. The highest BCUT2D eigenvalue weighted by Gasteiger charge is 2.09. The molecule has 0 aliphatic rings. The number of aromatic nitrogens is 1. The Morgan fingerprint density at radius 2 is 2.15 bits per heavy atom. The summed E-state index contributed by atoms with van der Waals surface area (Å²) in [6.45, 7) is 4.84. The van der Waals surface area contributed by atoms with Crippen LogP contribution in [0, 0.1) is 0 Å². The Balaban J connectivity index is 2.11. The summed E-state index contributed by atoms with van der Waals surface area (Å²) in [7, 11) is 0. The minimum atomic E-state index is -0.292. The fraction of sp³-hybridized carbons (Fsp3) is 0.400. The SMILES string of the molecule is CCC(CO)NC(=O)Nc1ccc2ccn(CC)c2c1. The van der Waals surface area contributed by atoms with Gasteiger partial charge in [-0.2, -0.15) is 0 Å². The third-order valence-electron chi connectivity index (χ3n) is 3.42. The summed E-state index contributed by atoms with van der Waals surface area (Å²) >= 11 is 0. The Morgan fingerprint density at radius 3 is 2.80 bits per heavy atom. The maximum absolute atomic E-state index is 11.8. The highest BCUT2D eigenvalue weighted by molar-refractivity contribution is 5.92. The van der Waals surface area contributed by atoms with Gasteiger partial charge in [0.05, 0.1) is 18.2 Å². The molecule has 20 heavy (non-hydrogen) atoms. The molecular weight excluding hydrogens is 254 g/mol. The standard InChI is InChI=1S/C15H21N3O2/c1-3-12(10-19)16-15(20)17-13-6-5-11-7-8-18(4-2)14(11)9-13/h5-9,12,19H,3-4,10H2,1-2H3,(H2,16,17,20). The van der Waals surface area contributed by atoms with Gasteiger partial charge in [0.2, 0.25) is 0 Å². The van der Waals surface area contributed by atoms with Crippen LogP contribution in [0.25, 0.3) is 10.9 Å². The van der Waals surface area contributed by atoms with Crippen LogP contribution in [0.2, 0.25) is 0 Å². The van der Waals surface area contributed by atoms with Gasteiger partial charge in [-0.05, 0) is 36.9 Å². The summed E-state index contributed by atoms with van der Waals surface area (Å²) < 4.78 is 2.13. The van der Waals surface area contributed by atoms with E-state index in [4.69, 9.17) is 5.11 Å². The van der Waals surface area contributed by atoms with Gasteiger partial charge in [-0.3, -0.25) is 0 Å². The Labute approximate surface area is 118 Å². The molecule has 0 saturated heterocycles. The quantitative estimate of drug-likeness (QED) is 0.785. The highest BCUT2D eigenvalue weighted by Crippen LogP contribution is 2.20. The van der Waals surface area contributed by atoms with E-state index in [9.17, 15) is 4.79 Å². The van der Waals surface area contributed by atoms with Crippen molar-refractivity contribution >= 4 is 22.6 Å². The third-order valence-corrected chi connectivity index (χ3v) is 3.42. The molecule has 108 valence electrons. The van der Waals surface area contributed by atoms with Crippen LogP contribution in [0.1, 0.15) is 20.3 Å². The monoisotopic (exact) mass is 275 g/mol. The number of aliphatic hydroxyl groups excluding tert-OH is 1. The van der Waals surface area contributed by atoms with Crippen molar-refractivity contribution in [3.63, 3.8) is 0 Å². The molecule has 0 aliphatic carbocycles. The first-order chi connectivity index (χ1) is 9.67. The van der Waals surface area contributed by atoms with Gasteiger partial charge in [-0.1, -0.05) is 13.0 Å². The van der Waals surface area contributed by atoms with Crippen LogP contribution in [-0.2, 0) is 6.54 Å². The summed E-state index contributed by atoms with van der Waals surface area (Å²) in [5.74, 6) is 0. The number of hydrogen-bond acceptors (Lipinski definition) is 2. The molecule has 2 rings (SSSR count). The molecule has 0 aliphatic heterocycles. The van der Waals surface area contributed by atoms with E-state index in [2.05, 4.69) is 28.2 Å². The maximum Gasteiger partial charge on any atom is 0.319 e. The molecule has 5 nitrogen and oxygen atoms in total. The number of nitrogens with zero attached hydrogens (tertiary/aromatic N) is 1. The third kappa shape index (κ3) is 3.11. The zero-order valence-electron chi connectivity index (χ0n) is 11.9. The van der Waals surface area contributed by atoms with E-state index >= 15 is 0 Å². The summed E-state index contributed by atoms with van der Waals surface area (Å²) in [5.41, 5.74) is 1.84. The predicted molar refractivity (Wildman–Crippen MR) is 80.9 cm³/mol. The van der Waals surface area contributed by atoms with Crippen molar-refractivity contribution < 1.29 is 9.90 Å². The number of benzene rings is 1. The summed E-state index contributed by atoms with van der Waals surface area (Å²) in [6, 6.07) is 7.38. The first-order valence-electron chi connectivity index (χ1n) is 6.95. The lowest BCUT2D eigenvalue weighted by Crippen LogP contribution is -2.39. The number of carbonyl (C=O) groups excluding carboxylic acids is 1. The van der Waals surface area contributed by atoms with Crippen molar-refractivity contribution in [1.82, 2.24) is 9.88 Å². The van der Waals surface area contributed by atoms with Crippen molar-refractivity contribution in [2.24, 2.45) is 0 Å². The second-order valence-electron chi connectivity index (χ2n) is 4.76. The molecule has 2 amide bonds. The van der Waals surface area contributed by atoms with E-state index in [0.29, 0.717) is 6.42 Å². The highest BCUT2D eigenvalue weighted by atomic mass is 16.3. The lowest BCUT2D eigenvalue weighted by Gasteiger charge is -2.15. The van der Waals surface area contributed by atoms with Crippen molar-refractivity contribution in [2.75, 3.05) is 11.9 Å². The number of hydrogen-bond donors (Lipinski definition) is 3. The van der Waals surface area contributed by atoms with Gasteiger partial charge in [0.15, 0.2) is 0 Å². The topological polar surface area (TPSA) is 66.3 Å². The first-order valence-corrected chi connectivity index (χ1v) is 6.95. The van der Waals surface area contributed by atoms with Gasteiger partial charge < -0.3 is 20.3 Å². The van der Waals surface area contributed by atoms with Crippen molar-refractivity contribution in [3.05, 3.63) is 30.5 Å². The molecule has 1 unspecified atom stereocenters. The average Bonchev–Trinajstić information content (AvgIpc) is 2.87. The normalized spacial score (nSPS) is 12.3. The number of nitrogens with one attached hydrogen (secondary N) is 2. The fourth-order valence-corrected chi connectivity index (χ4v) is 2.17. The Hall–Kier alpha value is -2.01. The van der Waals surface area contributed by atoms with E-state index in [1.807, 2.05) is 31.3 Å². The molecule has 0 saturated carbocycles. The van der Waals surface area contributed by atoms with Crippen molar-refractivity contribution in [2.45, 2.75) is 32.9 Å². The summed E-state index contributed by atoms with van der Waals surface area (Å²) in [5, 5.41) is 15.8. The van der Waals surface area contributed by atoms with E-state index in [-0.39, 0.29) is 18.7 Å². The molecule has 1 heterocycles. The number of rotatable bonds is 5. The Morgan fingerprint density at radius 1 is 1.35 bits per heavy atom. The van der Waals surface area contributed by atoms with Crippen LogP contribution in [0.4, 0.5) is 10.5 Å². The minimum absolute atomic E-state index is 0.0539. The minimum Gasteiger partial charge on any atom is -0.394 e. The predicted octanol–water partition coefficient (Wildman–Crippen LogP) is 2.55. The lowest BCUT2D eigenvalue weighted by molar-refractivity contribution is 0.222. The van der Waals surface area contributed by atoms with E-state index in [0.717, 1.165) is 23.1 Å². The van der Waals surface area contributed by atoms with Gasteiger partial charge >= 0.3 is 6.03 Å². The van der Waals surface area contributed by atoms with Crippen LogP contribution in [0.3, 0.4) is 0 Å². The average molecular weight is 275 g/mol. The molecule has 1 aromatic heterocycles. The van der Waals surface area contributed by atoms with E-state index < -0.39 is 0 Å². The molecule has 1 aromatic carbocycles. The Bertz CT molecular complexity index is 588. The van der Waals surface area contributed by atoms with Crippen LogP contribution >= 0.6 is 0 Å². The van der Waals surface area contributed by atoms with Gasteiger partial charge in [0, 0.05) is 18.4 Å². The number of aliphatic hydroxyl groups is 1. The first kappa shape index (κ1) is 14.4. The zero-order valence-corrected chi connectivity index (χ0v) is 11.9. The van der Waals surface area contributed by atoms with Gasteiger partial charge in [-0.15, -0.1) is 0 Å². The van der Waals surface area contributed by atoms with Gasteiger partial charge in [0.25, 0.3) is 0 Å². The molecular formula is C15H21N3O2. The van der Waals surface area contributed by atoms with Crippen LogP contribution in [0.15, 0.2) is 30.5 Å². The number of anilines is 1. The number of urea groups is 1. The molecule has 0 radical (unpaired) electrons. The largest absolute Gasteiger partial charge is 0.394 e. The maximum atomic E-state index is 11.8. The molecule has 0 spiro atoms. The summed E-state index contributed by atoms with van der Waals surface area (Å²) in [6.07, 6.45) is 2.73. The second-order valence-corrected chi connectivity index (χ2v) is 4.76. The lowest BCUT2D eigenvalue weighted by atomic mass is 10.2. The molecule has 0 bridgehead atoms. The van der Waals surface area contributed by atoms with Crippen LogP contribution < -0.4 is 10.6 Å². The molecule has 3 N–H and O–H groups in total. The molecule has 1 atom stereocenters. The molecule has 0 fully saturated rings. The van der Waals surface area contributed by atoms with Crippen molar-refractivity contribution in [1.29, 1.82) is 0 Å². The Kier molecular flexibility index (Phi) is 4.63. The van der Waals surface area contributed by atoms with Crippen LogP contribution in [0.5, 0.6) is 0 Å². The van der Waals surface area contributed by atoms with Gasteiger partial charge in [0.1, 0.15) is 0 Å². The zero-order chi connectivity index (χ0) is 14.5. The van der Waals surface area contributed by atoms with Gasteiger partial charge in [-0.25, -0.2) is 4.79 Å². The number of amides is 2. The number of aryl methyl sites for hydroxylation is 1. The second kappa shape index (κ2) is 6.43. The molecule has 5 heteroatoms. The fourth-order valence-electron chi connectivity index (χ4n) is 2.17. The van der Waals surface area contributed by atoms with Crippen LogP contribution in [-0.4, -0.2) is 28.4 Å². The number of carbonyl (C=O) groups is 1.